The van der Waals surface area contributed by atoms with E-state index in [2.05, 4.69) is 5.16 Å². The summed E-state index contributed by atoms with van der Waals surface area (Å²) in [6.07, 6.45) is 0. The van der Waals surface area contributed by atoms with Crippen LogP contribution in [0.4, 0.5) is 0 Å². The molecule has 0 aliphatic rings. The molecule has 1 heterocycles. The Morgan fingerprint density at radius 3 is 2.83 bits per heavy atom. The normalized spacial score (nSPS) is 10.3. The predicted molar refractivity (Wildman–Crippen MR) is 65.1 cm³/mol. The molecule has 0 aliphatic heterocycles. The lowest BCUT2D eigenvalue weighted by Gasteiger charge is -2.05. The van der Waals surface area contributed by atoms with Crippen molar-refractivity contribution in [2.45, 2.75) is 6.92 Å². The molecule has 0 aliphatic carbocycles. The van der Waals surface area contributed by atoms with Crippen LogP contribution in [0.1, 0.15) is 17.4 Å². The van der Waals surface area contributed by atoms with E-state index in [0.717, 1.165) is 0 Å². The minimum absolute atomic E-state index is 0.144. The number of hydrogen-bond donors (Lipinski definition) is 1. The van der Waals surface area contributed by atoms with Gasteiger partial charge in [-0.1, -0.05) is 16.8 Å². The van der Waals surface area contributed by atoms with Gasteiger partial charge in [0.15, 0.2) is 11.5 Å². The molecule has 0 atom stereocenters. The van der Waals surface area contributed by atoms with Gasteiger partial charge in [-0.15, -0.1) is 0 Å². The molecule has 0 spiro atoms. The van der Waals surface area contributed by atoms with Gasteiger partial charge in [0, 0.05) is 11.6 Å². The van der Waals surface area contributed by atoms with Crippen LogP contribution in [0.15, 0.2) is 28.8 Å². The van der Waals surface area contributed by atoms with E-state index < -0.39 is 5.97 Å². The van der Waals surface area contributed by atoms with Gasteiger partial charge >= 0.3 is 5.97 Å². The molecule has 2 rings (SSSR count). The van der Waals surface area contributed by atoms with Crippen LogP contribution >= 0.6 is 11.6 Å². The van der Waals surface area contributed by atoms with Crippen molar-refractivity contribution in [1.29, 1.82) is 0 Å². The smallest absolute Gasteiger partial charge is 0.358 e. The summed E-state index contributed by atoms with van der Waals surface area (Å²) in [5.74, 6) is -0.222. The number of ether oxygens (including phenoxy) is 1. The van der Waals surface area contributed by atoms with Crippen LogP contribution in [0.25, 0.3) is 11.3 Å². The van der Waals surface area contributed by atoms with E-state index in [9.17, 15) is 4.79 Å². The highest BCUT2D eigenvalue weighted by molar-refractivity contribution is 6.32. The molecule has 2 aromatic rings. The molecule has 1 aromatic heterocycles. The average Bonchev–Trinajstić information content (AvgIpc) is 2.81. The van der Waals surface area contributed by atoms with Crippen LogP contribution in [-0.2, 0) is 0 Å². The number of nitrogens with zero attached hydrogens (tertiary/aromatic N) is 1. The molecule has 0 bridgehead atoms. The first-order chi connectivity index (χ1) is 8.61. The summed E-state index contributed by atoms with van der Waals surface area (Å²) in [5.41, 5.74) is 0.499. The van der Waals surface area contributed by atoms with Crippen LogP contribution in [-0.4, -0.2) is 22.8 Å². The van der Waals surface area contributed by atoms with Crippen molar-refractivity contribution in [3.05, 3.63) is 35.0 Å². The molecule has 0 saturated carbocycles. The number of carboxylic acids is 1. The third-order valence-corrected chi connectivity index (χ3v) is 2.54. The molecule has 0 saturated heterocycles. The highest BCUT2D eigenvalue weighted by atomic mass is 35.5. The second-order valence-corrected chi connectivity index (χ2v) is 3.87. The summed E-state index contributed by atoms with van der Waals surface area (Å²) in [5, 5.41) is 12.6. The second kappa shape index (κ2) is 5.10. The van der Waals surface area contributed by atoms with Gasteiger partial charge in [-0.3, -0.25) is 0 Å². The van der Waals surface area contributed by atoms with Crippen molar-refractivity contribution in [2.75, 3.05) is 6.61 Å². The predicted octanol–water partition coefficient (Wildman–Crippen LogP) is 3.09. The van der Waals surface area contributed by atoms with Crippen molar-refractivity contribution >= 4 is 17.6 Å². The van der Waals surface area contributed by atoms with Crippen molar-refractivity contribution < 1.29 is 19.2 Å². The topological polar surface area (TPSA) is 72.6 Å². The fourth-order valence-electron chi connectivity index (χ4n) is 1.44. The SMILES string of the molecule is CCOc1ccc(-c2cc(C(=O)O)no2)cc1Cl. The lowest BCUT2D eigenvalue weighted by Crippen LogP contribution is -1.94. The summed E-state index contributed by atoms with van der Waals surface area (Å²) in [6.45, 7) is 2.38. The van der Waals surface area contributed by atoms with Crippen LogP contribution in [0.2, 0.25) is 5.02 Å². The molecular formula is C12H10ClNO4. The first kappa shape index (κ1) is 12.4. The van der Waals surface area contributed by atoms with E-state index in [1.54, 1.807) is 18.2 Å². The zero-order valence-corrected chi connectivity index (χ0v) is 10.3. The van der Waals surface area contributed by atoms with Crippen LogP contribution in [0.3, 0.4) is 0 Å². The molecule has 0 unspecified atom stereocenters. The summed E-state index contributed by atoms with van der Waals surface area (Å²) in [6, 6.07) is 6.40. The van der Waals surface area contributed by atoms with Crippen LogP contribution < -0.4 is 4.74 Å². The molecule has 1 aromatic carbocycles. The molecule has 0 fully saturated rings. The van der Waals surface area contributed by atoms with E-state index in [-0.39, 0.29) is 5.69 Å². The van der Waals surface area contributed by atoms with Crippen LogP contribution in [0.5, 0.6) is 5.75 Å². The lowest BCUT2D eigenvalue weighted by molar-refractivity contribution is 0.0686. The second-order valence-electron chi connectivity index (χ2n) is 3.46. The van der Waals surface area contributed by atoms with Crippen molar-refractivity contribution in [3.8, 4) is 17.1 Å². The lowest BCUT2D eigenvalue weighted by atomic mass is 10.1. The monoisotopic (exact) mass is 267 g/mol. The zero-order valence-electron chi connectivity index (χ0n) is 9.51. The van der Waals surface area contributed by atoms with Crippen LogP contribution in [0, 0.1) is 0 Å². The van der Waals surface area contributed by atoms with E-state index in [0.29, 0.717) is 28.7 Å². The summed E-state index contributed by atoms with van der Waals surface area (Å²) >= 11 is 6.02. The van der Waals surface area contributed by atoms with E-state index >= 15 is 0 Å². The Hall–Kier alpha value is -2.01. The third-order valence-electron chi connectivity index (χ3n) is 2.25. The average molecular weight is 268 g/mol. The van der Waals surface area contributed by atoms with Gasteiger partial charge in [0.05, 0.1) is 11.6 Å². The molecule has 1 N–H and O–H groups in total. The fraction of sp³-hybridized carbons (Fsp3) is 0.167. The third kappa shape index (κ3) is 2.46. The summed E-state index contributed by atoms with van der Waals surface area (Å²) in [7, 11) is 0. The summed E-state index contributed by atoms with van der Waals surface area (Å²) < 4.78 is 10.2. The number of carboxylic acid groups (broad SMARTS) is 1. The van der Waals surface area contributed by atoms with Gasteiger partial charge in [-0.05, 0) is 25.1 Å². The van der Waals surface area contributed by atoms with E-state index in [1.807, 2.05) is 6.92 Å². The van der Waals surface area contributed by atoms with E-state index in [1.165, 1.54) is 6.07 Å². The van der Waals surface area contributed by atoms with Crippen molar-refractivity contribution in [1.82, 2.24) is 5.16 Å². The minimum atomic E-state index is -1.14. The first-order valence-electron chi connectivity index (χ1n) is 5.24. The first-order valence-corrected chi connectivity index (χ1v) is 5.62. The van der Waals surface area contributed by atoms with Gasteiger partial charge in [0.2, 0.25) is 0 Å². The maximum absolute atomic E-state index is 10.7. The number of aromatic carboxylic acids is 1. The maximum atomic E-state index is 10.7. The molecular weight excluding hydrogens is 258 g/mol. The fourth-order valence-corrected chi connectivity index (χ4v) is 1.67. The number of hydrogen-bond acceptors (Lipinski definition) is 4. The van der Waals surface area contributed by atoms with E-state index in [4.69, 9.17) is 26.0 Å². The highest BCUT2D eigenvalue weighted by Gasteiger charge is 2.13. The molecule has 5 nitrogen and oxygen atoms in total. The Labute approximate surface area is 108 Å². The number of aromatic nitrogens is 1. The molecule has 0 radical (unpaired) electrons. The Morgan fingerprint density at radius 2 is 2.28 bits per heavy atom. The van der Waals surface area contributed by atoms with Gasteiger partial charge in [0.25, 0.3) is 0 Å². The number of benzene rings is 1. The Kier molecular flexibility index (Phi) is 3.53. The maximum Gasteiger partial charge on any atom is 0.358 e. The highest BCUT2D eigenvalue weighted by Crippen LogP contribution is 2.30. The van der Waals surface area contributed by atoms with Gasteiger partial charge in [-0.2, -0.15) is 0 Å². The number of rotatable bonds is 4. The Morgan fingerprint density at radius 1 is 1.50 bits per heavy atom. The van der Waals surface area contributed by atoms with Gasteiger partial charge in [0.1, 0.15) is 5.75 Å². The zero-order chi connectivity index (χ0) is 13.1. The molecule has 94 valence electrons. The van der Waals surface area contributed by atoms with Crippen molar-refractivity contribution in [2.24, 2.45) is 0 Å². The Bertz CT molecular complexity index is 579. The quantitative estimate of drug-likeness (QED) is 0.921. The molecule has 18 heavy (non-hydrogen) atoms. The molecule has 6 heteroatoms. The number of carbonyl (C=O) groups is 1. The molecule has 0 amide bonds. The standard InChI is InChI=1S/C12H10ClNO4/c1-2-17-10-4-3-7(5-8(10)13)11-6-9(12(15)16)14-18-11/h3-6H,2H2,1H3,(H,15,16). The minimum Gasteiger partial charge on any atom is -0.492 e. The number of halogens is 1. The Balaban J connectivity index is 2.33. The van der Waals surface area contributed by atoms with Gasteiger partial charge in [-0.25, -0.2) is 4.79 Å². The van der Waals surface area contributed by atoms with Gasteiger partial charge < -0.3 is 14.4 Å². The summed E-state index contributed by atoms with van der Waals surface area (Å²) in [4.78, 5) is 10.7. The largest absolute Gasteiger partial charge is 0.492 e. The van der Waals surface area contributed by atoms with Crippen molar-refractivity contribution in [3.63, 3.8) is 0 Å².